The molecule has 1 aromatic carbocycles. The highest BCUT2D eigenvalue weighted by Gasteiger charge is 2.27. The number of amides is 1. The zero-order valence-corrected chi connectivity index (χ0v) is 20.7. The number of ether oxygens (including phenoxy) is 2. The van der Waals surface area contributed by atoms with Crippen LogP contribution >= 0.6 is 0 Å². The lowest BCUT2D eigenvalue weighted by molar-refractivity contribution is -0.119. The zero-order chi connectivity index (χ0) is 25.4. The second-order valence-electron chi connectivity index (χ2n) is 9.30. The van der Waals surface area contributed by atoms with Gasteiger partial charge in [0.25, 0.3) is 0 Å². The summed E-state index contributed by atoms with van der Waals surface area (Å²) in [6, 6.07) is 9.73. The first-order valence-electron chi connectivity index (χ1n) is 12.1. The van der Waals surface area contributed by atoms with E-state index in [2.05, 4.69) is 22.0 Å². The molecule has 0 spiro atoms. The number of carbonyl (C=O) groups excluding carboxylic acids is 1. The summed E-state index contributed by atoms with van der Waals surface area (Å²) < 4.78 is 15.1. The van der Waals surface area contributed by atoms with Crippen LogP contribution in [0.4, 0.5) is 0 Å². The molecule has 3 aromatic heterocycles. The average Bonchev–Trinajstić information content (AvgIpc) is 3.27. The molecule has 0 atom stereocenters. The SMILES string of the molecule is COc1cccc2cc(-c3nn4cc(C(=O)O)cc(OC)c4c3C)n(CC3CC3)c12.O=C1CCCN1. The van der Waals surface area contributed by atoms with E-state index in [1.165, 1.54) is 19.0 Å². The maximum Gasteiger partial charge on any atom is 0.337 e. The molecule has 36 heavy (non-hydrogen) atoms. The van der Waals surface area contributed by atoms with Crippen molar-refractivity contribution in [2.45, 2.75) is 39.2 Å². The molecular formula is C27H30N4O5. The van der Waals surface area contributed by atoms with E-state index in [4.69, 9.17) is 14.6 Å². The molecule has 1 amide bonds. The van der Waals surface area contributed by atoms with E-state index < -0.39 is 5.97 Å². The van der Waals surface area contributed by atoms with Crippen molar-refractivity contribution in [3.63, 3.8) is 0 Å². The Kier molecular flexibility index (Phi) is 6.30. The number of carboxylic acids is 1. The average molecular weight is 491 g/mol. The Labute approximate surface area is 208 Å². The number of nitrogens with zero attached hydrogens (tertiary/aromatic N) is 3. The molecule has 2 aliphatic rings. The Morgan fingerprint density at radius 3 is 2.53 bits per heavy atom. The molecule has 0 unspecified atom stereocenters. The minimum Gasteiger partial charge on any atom is -0.495 e. The molecule has 2 N–H and O–H groups in total. The van der Waals surface area contributed by atoms with Crippen LogP contribution in [0.2, 0.25) is 0 Å². The van der Waals surface area contributed by atoms with Gasteiger partial charge in [0.1, 0.15) is 22.7 Å². The Balaban J connectivity index is 0.000000391. The number of methoxy groups -OCH3 is 2. The molecule has 1 saturated heterocycles. The van der Waals surface area contributed by atoms with Crippen LogP contribution in [0.25, 0.3) is 27.8 Å². The van der Waals surface area contributed by atoms with Crippen molar-refractivity contribution in [3.05, 3.63) is 47.7 Å². The summed E-state index contributed by atoms with van der Waals surface area (Å²) in [7, 11) is 3.24. The summed E-state index contributed by atoms with van der Waals surface area (Å²) in [5, 5.41) is 18.0. The third kappa shape index (κ3) is 4.36. The van der Waals surface area contributed by atoms with Crippen LogP contribution < -0.4 is 14.8 Å². The lowest BCUT2D eigenvalue weighted by Crippen LogP contribution is -2.12. The van der Waals surface area contributed by atoms with E-state index in [1.54, 1.807) is 24.8 Å². The number of benzene rings is 1. The molecule has 4 heterocycles. The van der Waals surface area contributed by atoms with Gasteiger partial charge in [-0.25, -0.2) is 9.31 Å². The van der Waals surface area contributed by atoms with Crippen molar-refractivity contribution in [1.29, 1.82) is 0 Å². The third-order valence-electron chi connectivity index (χ3n) is 6.78. The van der Waals surface area contributed by atoms with E-state index in [0.717, 1.165) is 65.1 Å². The predicted molar refractivity (Wildman–Crippen MR) is 136 cm³/mol. The Bertz CT molecular complexity index is 1460. The normalized spacial score (nSPS) is 15.0. The van der Waals surface area contributed by atoms with Crippen molar-refractivity contribution in [2.75, 3.05) is 20.8 Å². The highest BCUT2D eigenvalue weighted by Crippen LogP contribution is 2.40. The number of carbonyl (C=O) groups is 2. The number of hydrogen-bond acceptors (Lipinski definition) is 5. The fraction of sp³-hybridized carbons (Fsp3) is 0.370. The number of hydrogen-bond donors (Lipinski definition) is 2. The van der Waals surface area contributed by atoms with Crippen LogP contribution in [0.5, 0.6) is 11.5 Å². The zero-order valence-electron chi connectivity index (χ0n) is 20.7. The minimum atomic E-state index is -1.02. The van der Waals surface area contributed by atoms with Crippen molar-refractivity contribution in [3.8, 4) is 22.9 Å². The first-order chi connectivity index (χ1) is 17.4. The van der Waals surface area contributed by atoms with Crippen molar-refractivity contribution in [2.24, 2.45) is 5.92 Å². The standard InChI is InChI=1S/C23H23N3O4.C4H7NO/c1-13-20(24-26-12-16(23(27)28)10-19(30-3)21(13)26)17-9-15-5-4-6-18(29-2)22(15)25(17)11-14-7-8-14;6-4-2-1-3-5-4/h4-6,9-10,12,14H,7-8,11H2,1-3H3,(H,27,28);1-3H2,(H,5,6). The topological polar surface area (TPSA) is 107 Å². The maximum atomic E-state index is 11.5. The summed E-state index contributed by atoms with van der Waals surface area (Å²) in [5.41, 5.74) is 4.73. The van der Waals surface area contributed by atoms with Gasteiger partial charge in [-0.2, -0.15) is 5.10 Å². The summed E-state index contributed by atoms with van der Waals surface area (Å²) in [6.07, 6.45) is 5.76. The van der Waals surface area contributed by atoms with Gasteiger partial charge < -0.3 is 24.5 Å². The first-order valence-corrected chi connectivity index (χ1v) is 12.1. The number of fused-ring (bicyclic) bond motifs is 2. The molecule has 0 bridgehead atoms. The monoisotopic (exact) mass is 490 g/mol. The van der Waals surface area contributed by atoms with Crippen LogP contribution in [0, 0.1) is 12.8 Å². The van der Waals surface area contributed by atoms with Gasteiger partial charge in [0, 0.05) is 36.7 Å². The Hall–Kier alpha value is -4.01. The van der Waals surface area contributed by atoms with E-state index >= 15 is 0 Å². The molecule has 188 valence electrons. The molecule has 9 nitrogen and oxygen atoms in total. The number of aryl methyl sites for hydroxylation is 1. The van der Waals surface area contributed by atoms with Crippen LogP contribution in [-0.2, 0) is 11.3 Å². The van der Waals surface area contributed by atoms with Gasteiger partial charge in [-0.1, -0.05) is 12.1 Å². The van der Waals surface area contributed by atoms with Crippen LogP contribution in [-0.4, -0.2) is 51.9 Å². The highest BCUT2D eigenvalue weighted by molar-refractivity contribution is 5.93. The summed E-state index contributed by atoms with van der Waals surface area (Å²) in [4.78, 5) is 21.7. The molecule has 1 aliphatic carbocycles. The van der Waals surface area contributed by atoms with Crippen LogP contribution in [0.1, 0.15) is 41.6 Å². The van der Waals surface area contributed by atoms with E-state index in [9.17, 15) is 14.7 Å². The van der Waals surface area contributed by atoms with Gasteiger partial charge in [0.05, 0.1) is 31.0 Å². The highest BCUT2D eigenvalue weighted by atomic mass is 16.5. The summed E-state index contributed by atoms with van der Waals surface area (Å²) >= 11 is 0. The van der Waals surface area contributed by atoms with Gasteiger partial charge in [-0.3, -0.25) is 4.79 Å². The predicted octanol–water partition coefficient (Wildman–Crippen LogP) is 4.29. The van der Waals surface area contributed by atoms with E-state index in [0.29, 0.717) is 11.7 Å². The van der Waals surface area contributed by atoms with Crippen molar-refractivity contribution >= 4 is 28.3 Å². The third-order valence-corrected chi connectivity index (χ3v) is 6.78. The second kappa shape index (κ2) is 9.56. The fourth-order valence-electron chi connectivity index (χ4n) is 4.77. The number of carboxylic acid groups (broad SMARTS) is 1. The number of aromatic carboxylic acids is 1. The Morgan fingerprint density at radius 2 is 1.94 bits per heavy atom. The molecule has 4 aromatic rings. The molecule has 1 saturated carbocycles. The maximum absolute atomic E-state index is 11.5. The number of aromatic nitrogens is 3. The van der Waals surface area contributed by atoms with Crippen molar-refractivity contribution in [1.82, 2.24) is 19.5 Å². The smallest absolute Gasteiger partial charge is 0.337 e. The van der Waals surface area contributed by atoms with Crippen LogP contribution in [0.15, 0.2) is 36.5 Å². The largest absolute Gasteiger partial charge is 0.495 e. The minimum absolute atomic E-state index is 0.133. The van der Waals surface area contributed by atoms with Crippen LogP contribution in [0.3, 0.4) is 0 Å². The summed E-state index contributed by atoms with van der Waals surface area (Å²) in [6.45, 7) is 3.79. The van der Waals surface area contributed by atoms with E-state index in [-0.39, 0.29) is 11.5 Å². The number of nitrogens with one attached hydrogen (secondary N) is 1. The number of pyridine rings is 1. The number of para-hydroxylation sites is 1. The quantitative estimate of drug-likeness (QED) is 0.418. The lowest BCUT2D eigenvalue weighted by Gasteiger charge is -2.11. The van der Waals surface area contributed by atoms with Gasteiger partial charge in [-0.15, -0.1) is 0 Å². The molecule has 1 aliphatic heterocycles. The summed E-state index contributed by atoms with van der Waals surface area (Å²) in [5.74, 6) is 1.18. The molecule has 0 radical (unpaired) electrons. The second-order valence-corrected chi connectivity index (χ2v) is 9.30. The van der Waals surface area contributed by atoms with Gasteiger partial charge in [0.2, 0.25) is 5.91 Å². The lowest BCUT2D eigenvalue weighted by atomic mass is 10.1. The molecule has 6 rings (SSSR count). The fourth-order valence-corrected chi connectivity index (χ4v) is 4.77. The van der Waals surface area contributed by atoms with Gasteiger partial charge >= 0.3 is 5.97 Å². The number of rotatable bonds is 6. The molecule has 2 fully saturated rings. The molecule has 9 heteroatoms. The molecular weight excluding hydrogens is 460 g/mol. The van der Waals surface area contributed by atoms with E-state index in [1.807, 2.05) is 19.1 Å². The first kappa shape index (κ1) is 23.7. The van der Waals surface area contributed by atoms with Gasteiger partial charge in [-0.05, 0) is 50.3 Å². The van der Waals surface area contributed by atoms with Crippen molar-refractivity contribution < 1.29 is 24.2 Å². The van der Waals surface area contributed by atoms with Gasteiger partial charge in [0.15, 0.2) is 0 Å². The Morgan fingerprint density at radius 1 is 1.17 bits per heavy atom.